The van der Waals surface area contributed by atoms with Crippen molar-refractivity contribution in [3.63, 3.8) is 0 Å². The second-order valence-corrected chi connectivity index (χ2v) is 6.67. The Morgan fingerprint density at radius 2 is 2.08 bits per heavy atom. The highest BCUT2D eigenvalue weighted by Gasteiger charge is 2.22. The molecule has 6 nitrogen and oxygen atoms in total. The van der Waals surface area contributed by atoms with Crippen molar-refractivity contribution >= 4 is 23.2 Å². The smallest absolute Gasteiger partial charge is 0.224 e. The summed E-state index contributed by atoms with van der Waals surface area (Å²) < 4.78 is 5.68. The summed E-state index contributed by atoms with van der Waals surface area (Å²) in [4.78, 5) is 27.6. The normalized spacial score (nSPS) is 16.6. The summed E-state index contributed by atoms with van der Waals surface area (Å²) in [6.07, 6.45) is 2.60. The summed E-state index contributed by atoms with van der Waals surface area (Å²) in [7, 11) is 3.95. The van der Waals surface area contributed by atoms with Crippen molar-refractivity contribution in [2.24, 2.45) is 0 Å². The van der Waals surface area contributed by atoms with Gasteiger partial charge in [0.2, 0.25) is 11.8 Å². The quantitative estimate of drug-likeness (QED) is 0.824. The van der Waals surface area contributed by atoms with Gasteiger partial charge in [-0.1, -0.05) is 6.92 Å². The monoisotopic (exact) mass is 347 g/mol. The number of carbonyl (C=O) groups is 2. The second kappa shape index (κ2) is 8.85. The van der Waals surface area contributed by atoms with Gasteiger partial charge in [0, 0.05) is 58.5 Å². The summed E-state index contributed by atoms with van der Waals surface area (Å²) in [6.45, 7) is 5.29. The number of amides is 2. The largest absolute Gasteiger partial charge is 0.377 e. The van der Waals surface area contributed by atoms with Crippen LogP contribution in [0.4, 0.5) is 11.4 Å². The topological polar surface area (TPSA) is 61.9 Å². The Hall–Kier alpha value is -2.08. The number of hydrogen-bond donors (Lipinski definition) is 1. The maximum atomic E-state index is 12.1. The number of anilines is 2. The molecule has 1 N–H and O–H groups in total. The molecule has 2 rings (SSSR count). The van der Waals surface area contributed by atoms with Crippen molar-refractivity contribution < 1.29 is 14.3 Å². The molecule has 0 bridgehead atoms. The lowest BCUT2D eigenvalue weighted by Crippen LogP contribution is -2.35. The van der Waals surface area contributed by atoms with E-state index in [1.165, 1.54) is 0 Å². The van der Waals surface area contributed by atoms with E-state index in [9.17, 15) is 9.59 Å². The van der Waals surface area contributed by atoms with Crippen LogP contribution in [0.1, 0.15) is 38.7 Å². The number of carbonyl (C=O) groups excluding carboxylic acids is 2. The number of rotatable bonds is 7. The first-order chi connectivity index (χ1) is 11.9. The molecule has 25 heavy (non-hydrogen) atoms. The third-order valence-electron chi connectivity index (χ3n) is 4.42. The molecule has 1 saturated heterocycles. The first-order valence-corrected chi connectivity index (χ1v) is 8.88. The lowest BCUT2D eigenvalue weighted by molar-refractivity contribution is -0.131. The average molecular weight is 347 g/mol. The lowest BCUT2D eigenvalue weighted by atomic mass is 10.1. The Morgan fingerprint density at radius 3 is 2.64 bits per heavy atom. The zero-order chi connectivity index (χ0) is 18.4. The van der Waals surface area contributed by atoms with Gasteiger partial charge < -0.3 is 19.9 Å². The van der Waals surface area contributed by atoms with Crippen molar-refractivity contribution in [2.75, 3.05) is 37.5 Å². The van der Waals surface area contributed by atoms with Crippen LogP contribution in [0.5, 0.6) is 0 Å². The Morgan fingerprint density at radius 1 is 1.32 bits per heavy atom. The van der Waals surface area contributed by atoms with Gasteiger partial charge in [0.25, 0.3) is 0 Å². The van der Waals surface area contributed by atoms with Crippen molar-refractivity contribution in [1.29, 1.82) is 0 Å². The molecule has 1 heterocycles. The number of nitrogens with zero attached hydrogens (tertiary/aromatic N) is 2. The molecule has 0 aromatic heterocycles. The third-order valence-corrected chi connectivity index (χ3v) is 4.42. The molecular weight excluding hydrogens is 318 g/mol. The van der Waals surface area contributed by atoms with Gasteiger partial charge in [-0.25, -0.2) is 0 Å². The number of nitrogens with one attached hydrogen (secondary N) is 1. The van der Waals surface area contributed by atoms with Crippen LogP contribution in [0.15, 0.2) is 18.2 Å². The van der Waals surface area contributed by atoms with E-state index in [-0.39, 0.29) is 17.9 Å². The Kier molecular flexibility index (Phi) is 6.82. The molecule has 0 spiro atoms. The average Bonchev–Trinajstić information content (AvgIpc) is 3.07. The molecule has 0 unspecified atom stereocenters. The van der Waals surface area contributed by atoms with Gasteiger partial charge in [0.15, 0.2) is 0 Å². The maximum absolute atomic E-state index is 12.1. The molecule has 1 aliphatic rings. The van der Waals surface area contributed by atoms with Crippen LogP contribution in [-0.4, -0.2) is 50.1 Å². The summed E-state index contributed by atoms with van der Waals surface area (Å²) in [5, 5.41) is 2.89. The summed E-state index contributed by atoms with van der Waals surface area (Å²) in [5.41, 5.74) is 2.80. The Labute approximate surface area is 150 Å². The molecule has 0 aliphatic carbocycles. The molecule has 1 aromatic carbocycles. The molecule has 138 valence electrons. The van der Waals surface area contributed by atoms with E-state index in [1.54, 1.807) is 6.92 Å². The van der Waals surface area contributed by atoms with E-state index in [0.29, 0.717) is 19.5 Å². The summed E-state index contributed by atoms with van der Waals surface area (Å²) in [5.74, 6) is 0.00883. The fourth-order valence-corrected chi connectivity index (χ4v) is 3.02. The van der Waals surface area contributed by atoms with E-state index >= 15 is 0 Å². The standard InChI is InChI=1S/C19H29N3O3/c1-5-19(24)20-16-8-9-18(21(3)4)15(11-16)12-22(14(2)23)13-17-7-6-10-25-17/h8-9,11,17H,5-7,10,12-13H2,1-4H3,(H,20,24)/t17-/m1/s1. The van der Waals surface area contributed by atoms with Crippen LogP contribution < -0.4 is 10.2 Å². The van der Waals surface area contributed by atoms with Crippen LogP contribution >= 0.6 is 0 Å². The molecule has 0 saturated carbocycles. The van der Waals surface area contributed by atoms with Gasteiger partial charge in [0.05, 0.1) is 6.10 Å². The first-order valence-electron chi connectivity index (χ1n) is 8.88. The van der Waals surface area contributed by atoms with Crippen LogP contribution in [0.25, 0.3) is 0 Å². The lowest BCUT2D eigenvalue weighted by Gasteiger charge is -2.27. The number of hydrogen-bond acceptors (Lipinski definition) is 4. The zero-order valence-corrected chi connectivity index (χ0v) is 15.7. The van der Waals surface area contributed by atoms with Gasteiger partial charge in [-0.05, 0) is 36.6 Å². The molecular formula is C19H29N3O3. The predicted octanol–water partition coefficient (Wildman–Crippen LogP) is 2.63. The van der Waals surface area contributed by atoms with Crippen LogP contribution in [0, 0.1) is 0 Å². The summed E-state index contributed by atoms with van der Waals surface area (Å²) in [6, 6.07) is 5.82. The molecule has 1 atom stereocenters. The minimum Gasteiger partial charge on any atom is -0.377 e. The van der Waals surface area contributed by atoms with Crippen molar-refractivity contribution in [2.45, 2.75) is 45.8 Å². The van der Waals surface area contributed by atoms with Crippen molar-refractivity contribution in [3.8, 4) is 0 Å². The van der Waals surface area contributed by atoms with E-state index in [0.717, 1.165) is 36.4 Å². The Bertz CT molecular complexity index is 610. The van der Waals surface area contributed by atoms with E-state index in [1.807, 2.05) is 49.0 Å². The maximum Gasteiger partial charge on any atom is 0.224 e. The molecule has 6 heteroatoms. The minimum absolute atomic E-state index is 0.0219. The molecule has 1 aromatic rings. The van der Waals surface area contributed by atoms with Gasteiger partial charge >= 0.3 is 0 Å². The van der Waals surface area contributed by atoms with E-state index in [4.69, 9.17) is 4.74 Å². The highest BCUT2D eigenvalue weighted by atomic mass is 16.5. The number of benzene rings is 1. The van der Waals surface area contributed by atoms with Gasteiger partial charge in [-0.2, -0.15) is 0 Å². The summed E-state index contributed by atoms with van der Waals surface area (Å²) >= 11 is 0. The van der Waals surface area contributed by atoms with Gasteiger partial charge in [0.1, 0.15) is 0 Å². The van der Waals surface area contributed by atoms with Crippen molar-refractivity contribution in [3.05, 3.63) is 23.8 Å². The van der Waals surface area contributed by atoms with E-state index < -0.39 is 0 Å². The van der Waals surface area contributed by atoms with Crippen molar-refractivity contribution in [1.82, 2.24) is 4.90 Å². The minimum atomic E-state index is -0.0219. The fourth-order valence-electron chi connectivity index (χ4n) is 3.02. The molecule has 0 radical (unpaired) electrons. The SMILES string of the molecule is CCC(=O)Nc1ccc(N(C)C)c(CN(C[C@H]2CCCO2)C(C)=O)c1. The van der Waals surface area contributed by atoms with Gasteiger partial charge in [-0.15, -0.1) is 0 Å². The molecule has 1 aliphatic heterocycles. The zero-order valence-electron chi connectivity index (χ0n) is 15.7. The molecule has 1 fully saturated rings. The fraction of sp³-hybridized carbons (Fsp3) is 0.579. The Balaban J connectivity index is 2.21. The van der Waals surface area contributed by atoms with E-state index in [2.05, 4.69) is 5.32 Å². The highest BCUT2D eigenvalue weighted by Crippen LogP contribution is 2.25. The third kappa shape index (κ3) is 5.46. The van der Waals surface area contributed by atoms with Crippen LogP contribution in [-0.2, 0) is 20.9 Å². The van der Waals surface area contributed by atoms with Gasteiger partial charge in [-0.3, -0.25) is 9.59 Å². The number of ether oxygens (including phenoxy) is 1. The highest BCUT2D eigenvalue weighted by molar-refractivity contribution is 5.90. The predicted molar refractivity (Wildman–Crippen MR) is 99.8 cm³/mol. The first kappa shape index (κ1) is 19.2. The second-order valence-electron chi connectivity index (χ2n) is 6.67. The van der Waals surface area contributed by atoms with Crippen LogP contribution in [0.3, 0.4) is 0 Å². The van der Waals surface area contributed by atoms with Crippen LogP contribution in [0.2, 0.25) is 0 Å². The molecule has 2 amide bonds.